The van der Waals surface area contributed by atoms with Gasteiger partial charge in [-0.3, -0.25) is 10.1 Å². The van der Waals surface area contributed by atoms with Crippen LogP contribution in [0.25, 0.3) is 11.3 Å². The van der Waals surface area contributed by atoms with Crippen LogP contribution in [0.2, 0.25) is 0 Å². The number of furan rings is 2. The number of rotatable bonds is 6. The summed E-state index contributed by atoms with van der Waals surface area (Å²) in [6.07, 6.45) is 1.45. The lowest BCUT2D eigenvalue weighted by atomic mass is 10.2. The van der Waals surface area contributed by atoms with Crippen LogP contribution in [0.1, 0.15) is 16.3 Å². The highest BCUT2D eigenvalue weighted by atomic mass is 19.1. The smallest absolute Gasteiger partial charge is 0.374 e. The van der Waals surface area contributed by atoms with E-state index >= 15 is 0 Å². The molecule has 0 bridgehead atoms. The summed E-state index contributed by atoms with van der Waals surface area (Å²) in [6.45, 7) is -0.565. The summed E-state index contributed by atoms with van der Waals surface area (Å²) < 4.78 is 28.1. The molecule has 144 valence electrons. The molecule has 0 saturated heterocycles. The number of esters is 1. The lowest BCUT2D eigenvalue weighted by molar-refractivity contribution is -0.123. The van der Waals surface area contributed by atoms with E-state index in [-0.39, 0.29) is 12.3 Å². The number of amides is 3. The first-order valence-corrected chi connectivity index (χ1v) is 8.14. The van der Waals surface area contributed by atoms with Gasteiger partial charge in [-0.05, 0) is 48.5 Å². The molecular weight excluding hydrogens is 371 g/mol. The van der Waals surface area contributed by atoms with E-state index in [4.69, 9.17) is 13.6 Å². The van der Waals surface area contributed by atoms with E-state index in [1.54, 1.807) is 12.1 Å². The van der Waals surface area contributed by atoms with Gasteiger partial charge in [-0.1, -0.05) is 0 Å². The van der Waals surface area contributed by atoms with Crippen LogP contribution in [0.3, 0.4) is 0 Å². The molecule has 8 nitrogen and oxygen atoms in total. The summed E-state index contributed by atoms with van der Waals surface area (Å²) in [4.78, 5) is 35.2. The first-order chi connectivity index (χ1) is 13.5. The fourth-order valence-corrected chi connectivity index (χ4v) is 2.21. The highest BCUT2D eigenvalue weighted by molar-refractivity contribution is 5.96. The van der Waals surface area contributed by atoms with Crippen LogP contribution in [0.15, 0.2) is 63.6 Å². The molecule has 9 heteroatoms. The maximum atomic E-state index is 12.9. The second-order valence-corrected chi connectivity index (χ2v) is 5.56. The van der Waals surface area contributed by atoms with Gasteiger partial charge in [0.05, 0.1) is 12.8 Å². The number of urea groups is 1. The highest BCUT2D eigenvalue weighted by Crippen LogP contribution is 2.22. The van der Waals surface area contributed by atoms with Gasteiger partial charge in [0.25, 0.3) is 5.91 Å². The van der Waals surface area contributed by atoms with Crippen molar-refractivity contribution < 1.29 is 32.3 Å². The Morgan fingerprint density at radius 1 is 1.04 bits per heavy atom. The largest absolute Gasteiger partial charge is 0.467 e. The molecule has 2 N–H and O–H groups in total. The van der Waals surface area contributed by atoms with Crippen LogP contribution >= 0.6 is 0 Å². The van der Waals surface area contributed by atoms with Crippen molar-refractivity contribution in [2.45, 2.75) is 6.54 Å². The third-order valence-electron chi connectivity index (χ3n) is 3.53. The Morgan fingerprint density at radius 3 is 2.54 bits per heavy atom. The van der Waals surface area contributed by atoms with E-state index in [1.165, 1.54) is 42.7 Å². The third-order valence-corrected chi connectivity index (χ3v) is 3.53. The Kier molecular flexibility index (Phi) is 5.85. The molecule has 0 aliphatic heterocycles. The predicted molar refractivity (Wildman–Crippen MR) is 93.5 cm³/mol. The molecule has 0 aliphatic rings. The van der Waals surface area contributed by atoms with Crippen molar-refractivity contribution in [2.24, 2.45) is 0 Å². The van der Waals surface area contributed by atoms with Gasteiger partial charge in [0.2, 0.25) is 5.76 Å². The van der Waals surface area contributed by atoms with E-state index in [1.807, 2.05) is 5.32 Å². The maximum Gasteiger partial charge on any atom is 0.374 e. The van der Waals surface area contributed by atoms with Gasteiger partial charge in [0.1, 0.15) is 17.3 Å². The molecule has 3 aromatic rings. The topological polar surface area (TPSA) is 111 Å². The molecule has 1 aromatic carbocycles. The van der Waals surface area contributed by atoms with Crippen molar-refractivity contribution in [1.29, 1.82) is 0 Å². The van der Waals surface area contributed by atoms with Gasteiger partial charge < -0.3 is 18.9 Å². The second-order valence-electron chi connectivity index (χ2n) is 5.56. The van der Waals surface area contributed by atoms with Gasteiger partial charge in [-0.2, -0.15) is 0 Å². The molecule has 0 saturated carbocycles. The summed E-state index contributed by atoms with van der Waals surface area (Å²) in [7, 11) is 0. The molecule has 2 aromatic heterocycles. The fourth-order valence-electron chi connectivity index (χ4n) is 2.21. The van der Waals surface area contributed by atoms with Crippen molar-refractivity contribution in [2.75, 3.05) is 6.61 Å². The van der Waals surface area contributed by atoms with E-state index in [0.717, 1.165) is 0 Å². The number of carbonyl (C=O) groups is 3. The Labute approximate surface area is 158 Å². The number of benzene rings is 1. The number of imide groups is 1. The SMILES string of the molecule is O=C(COC(=O)c1ccc(-c2ccc(F)cc2)o1)NC(=O)NCc1ccco1. The normalized spacial score (nSPS) is 10.3. The molecule has 0 radical (unpaired) electrons. The molecular formula is C19H15FN2O6. The van der Waals surface area contributed by atoms with Crippen molar-refractivity contribution in [3.05, 3.63) is 72.1 Å². The summed E-state index contributed by atoms with van der Waals surface area (Å²) >= 11 is 0. The monoisotopic (exact) mass is 386 g/mol. The second kappa shape index (κ2) is 8.67. The van der Waals surface area contributed by atoms with E-state index in [9.17, 15) is 18.8 Å². The number of hydrogen-bond donors (Lipinski definition) is 2. The molecule has 2 heterocycles. The summed E-state index contributed by atoms with van der Waals surface area (Å²) in [5.74, 6) is -1.35. The average molecular weight is 386 g/mol. The van der Waals surface area contributed by atoms with Crippen LogP contribution in [0.4, 0.5) is 9.18 Å². The summed E-state index contributed by atoms with van der Waals surface area (Å²) in [5, 5.41) is 4.42. The molecule has 0 atom stereocenters. The van der Waals surface area contributed by atoms with Gasteiger partial charge in [0.15, 0.2) is 6.61 Å². The number of nitrogens with one attached hydrogen (secondary N) is 2. The standard InChI is InChI=1S/C19H15FN2O6/c20-13-5-3-12(4-6-13)15-7-8-16(28-15)18(24)27-11-17(23)22-19(25)21-10-14-2-1-9-26-14/h1-9H,10-11H2,(H2,21,22,23,25). The first kappa shape index (κ1) is 18.9. The first-order valence-electron chi connectivity index (χ1n) is 8.14. The molecule has 0 unspecified atom stereocenters. The Balaban J connectivity index is 1.45. The zero-order chi connectivity index (χ0) is 19.9. The van der Waals surface area contributed by atoms with E-state index in [2.05, 4.69) is 5.32 Å². The van der Waals surface area contributed by atoms with Crippen LogP contribution in [-0.4, -0.2) is 24.5 Å². The zero-order valence-corrected chi connectivity index (χ0v) is 14.4. The Hall–Kier alpha value is -3.88. The zero-order valence-electron chi connectivity index (χ0n) is 14.4. The number of ether oxygens (including phenoxy) is 1. The minimum atomic E-state index is -0.875. The van der Waals surface area contributed by atoms with Crippen LogP contribution in [0.5, 0.6) is 0 Å². The average Bonchev–Trinajstić information content (AvgIpc) is 3.37. The molecule has 3 rings (SSSR count). The third kappa shape index (κ3) is 5.07. The molecule has 0 spiro atoms. The number of carbonyl (C=O) groups excluding carboxylic acids is 3. The Bertz CT molecular complexity index is 963. The lowest BCUT2D eigenvalue weighted by Crippen LogP contribution is -2.41. The highest BCUT2D eigenvalue weighted by Gasteiger charge is 2.16. The van der Waals surface area contributed by atoms with Gasteiger partial charge in [-0.15, -0.1) is 0 Å². The van der Waals surface area contributed by atoms with Crippen molar-refractivity contribution >= 4 is 17.9 Å². The quantitative estimate of drug-likeness (QED) is 0.630. The van der Waals surface area contributed by atoms with Crippen LogP contribution < -0.4 is 10.6 Å². The summed E-state index contributed by atoms with van der Waals surface area (Å²) in [5.41, 5.74) is 0.575. The minimum Gasteiger partial charge on any atom is -0.467 e. The van der Waals surface area contributed by atoms with Crippen LogP contribution in [0, 0.1) is 5.82 Å². The van der Waals surface area contributed by atoms with Gasteiger partial charge in [0, 0.05) is 5.56 Å². The molecule has 28 heavy (non-hydrogen) atoms. The van der Waals surface area contributed by atoms with Crippen LogP contribution in [-0.2, 0) is 16.1 Å². The molecule has 0 aliphatic carbocycles. The fraction of sp³-hybridized carbons (Fsp3) is 0.105. The van der Waals surface area contributed by atoms with Crippen molar-refractivity contribution in [1.82, 2.24) is 10.6 Å². The molecule has 0 fully saturated rings. The van der Waals surface area contributed by atoms with E-state index in [0.29, 0.717) is 17.1 Å². The summed E-state index contributed by atoms with van der Waals surface area (Å²) in [6, 6.07) is 11.0. The number of halogens is 1. The van der Waals surface area contributed by atoms with Gasteiger partial charge >= 0.3 is 12.0 Å². The van der Waals surface area contributed by atoms with Crippen molar-refractivity contribution in [3.8, 4) is 11.3 Å². The molecule has 3 amide bonds. The van der Waals surface area contributed by atoms with Gasteiger partial charge in [-0.25, -0.2) is 14.0 Å². The number of hydrogen-bond acceptors (Lipinski definition) is 6. The predicted octanol–water partition coefficient (Wildman–Crippen LogP) is 2.86. The van der Waals surface area contributed by atoms with E-state index < -0.39 is 30.3 Å². The van der Waals surface area contributed by atoms with Crippen molar-refractivity contribution in [3.63, 3.8) is 0 Å². The lowest BCUT2D eigenvalue weighted by Gasteiger charge is -2.06. The minimum absolute atomic E-state index is 0.102. The Morgan fingerprint density at radius 2 is 1.82 bits per heavy atom. The maximum absolute atomic E-state index is 12.9.